The van der Waals surface area contributed by atoms with Crippen molar-refractivity contribution in [2.45, 2.75) is 20.8 Å². The van der Waals surface area contributed by atoms with E-state index in [-0.39, 0.29) is 5.75 Å². The largest absolute Gasteiger partial charge is 0.508 e. The molecule has 0 aliphatic carbocycles. The number of aryl methyl sites for hydroxylation is 3. The lowest BCUT2D eigenvalue weighted by Gasteiger charge is -2.10. The third-order valence-electron chi connectivity index (χ3n) is 3.71. The second kappa shape index (κ2) is 5.18. The zero-order chi connectivity index (χ0) is 15.9. The van der Waals surface area contributed by atoms with Crippen molar-refractivity contribution in [2.24, 2.45) is 0 Å². The number of nitrogen functional groups attached to an aromatic ring is 1. The van der Waals surface area contributed by atoms with Gasteiger partial charge in [0.25, 0.3) is 0 Å². The molecule has 0 saturated heterocycles. The molecule has 1 heterocycles. The number of aromatic nitrogens is 3. The summed E-state index contributed by atoms with van der Waals surface area (Å²) in [6.07, 6.45) is 0. The molecular formula is C17H18N4O. The maximum absolute atomic E-state index is 9.38. The quantitative estimate of drug-likeness (QED) is 0.761. The first kappa shape index (κ1) is 14.1. The fourth-order valence-electron chi connectivity index (χ4n) is 2.81. The number of phenols is 1. The molecule has 0 aliphatic heterocycles. The van der Waals surface area contributed by atoms with E-state index in [0.29, 0.717) is 11.5 Å². The SMILES string of the molecule is Cc1cc(C)c(-c2nnn(-c3ccc(O)cc3)c2N)c(C)c1. The minimum atomic E-state index is 0.202. The van der Waals surface area contributed by atoms with Crippen LogP contribution in [0.15, 0.2) is 36.4 Å². The summed E-state index contributed by atoms with van der Waals surface area (Å²) in [5, 5.41) is 17.8. The van der Waals surface area contributed by atoms with Crippen molar-refractivity contribution in [3.05, 3.63) is 53.1 Å². The van der Waals surface area contributed by atoms with E-state index in [0.717, 1.165) is 22.4 Å². The molecule has 3 aromatic rings. The van der Waals surface area contributed by atoms with Gasteiger partial charge < -0.3 is 10.8 Å². The molecule has 1 aromatic heterocycles. The third-order valence-corrected chi connectivity index (χ3v) is 3.71. The first-order valence-electron chi connectivity index (χ1n) is 7.06. The fraction of sp³-hybridized carbons (Fsp3) is 0.176. The lowest BCUT2D eigenvalue weighted by atomic mass is 9.97. The van der Waals surface area contributed by atoms with Gasteiger partial charge in [0, 0.05) is 5.56 Å². The van der Waals surface area contributed by atoms with Crippen LogP contribution in [-0.2, 0) is 0 Å². The first-order chi connectivity index (χ1) is 10.5. The van der Waals surface area contributed by atoms with Gasteiger partial charge in [-0.1, -0.05) is 22.9 Å². The molecule has 5 heteroatoms. The van der Waals surface area contributed by atoms with Gasteiger partial charge in [0.05, 0.1) is 5.69 Å². The van der Waals surface area contributed by atoms with Crippen LogP contribution < -0.4 is 5.73 Å². The van der Waals surface area contributed by atoms with Crippen LogP contribution in [0.25, 0.3) is 16.9 Å². The van der Waals surface area contributed by atoms with Gasteiger partial charge in [-0.2, -0.15) is 4.68 Å². The molecule has 22 heavy (non-hydrogen) atoms. The van der Waals surface area contributed by atoms with Gasteiger partial charge in [0.1, 0.15) is 11.4 Å². The monoisotopic (exact) mass is 294 g/mol. The second-order valence-electron chi connectivity index (χ2n) is 5.53. The highest BCUT2D eigenvalue weighted by Crippen LogP contribution is 2.31. The highest BCUT2D eigenvalue weighted by atomic mass is 16.3. The van der Waals surface area contributed by atoms with Crippen molar-refractivity contribution in [1.82, 2.24) is 15.0 Å². The van der Waals surface area contributed by atoms with Crippen molar-refractivity contribution >= 4 is 5.82 Å². The van der Waals surface area contributed by atoms with Gasteiger partial charge in [-0.15, -0.1) is 5.10 Å². The molecule has 2 aromatic carbocycles. The average molecular weight is 294 g/mol. The number of phenolic OH excluding ortho intramolecular Hbond substituents is 1. The summed E-state index contributed by atoms with van der Waals surface area (Å²) < 4.78 is 1.58. The minimum absolute atomic E-state index is 0.202. The van der Waals surface area contributed by atoms with E-state index in [4.69, 9.17) is 5.73 Å². The molecular weight excluding hydrogens is 276 g/mol. The number of benzene rings is 2. The summed E-state index contributed by atoms with van der Waals surface area (Å²) in [5.41, 5.74) is 12.2. The van der Waals surface area contributed by atoms with Gasteiger partial charge in [-0.3, -0.25) is 0 Å². The number of nitrogens with zero attached hydrogens (tertiary/aromatic N) is 3. The maximum atomic E-state index is 9.38. The van der Waals surface area contributed by atoms with Crippen LogP contribution in [0.5, 0.6) is 5.75 Å². The zero-order valence-electron chi connectivity index (χ0n) is 12.8. The normalized spacial score (nSPS) is 10.9. The fourth-order valence-corrected chi connectivity index (χ4v) is 2.81. The van der Waals surface area contributed by atoms with Crippen molar-refractivity contribution in [2.75, 3.05) is 5.73 Å². The van der Waals surface area contributed by atoms with Gasteiger partial charge in [0.15, 0.2) is 5.82 Å². The Morgan fingerprint density at radius 3 is 2.18 bits per heavy atom. The van der Waals surface area contributed by atoms with Gasteiger partial charge in [0.2, 0.25) is 0 Å². The number of anilines is 1. The Morgan fingerprint density at radius 1 is 1.00 bits per heavy atom. The summed E-state index contributed by atoms with van der Waals surface area (Å²) in [6.45, 7) is 6.17. The minimum Gasteiger partial charge on any atom is -0.508 e. The molecule has 0 radical (unpaired) electrons. The average Bonchev–Trinajstić information content (AvgIpc) is 2.81. The molecule has 0 saturated carbocycles. The molecule has 5 nitrogen and oxygen atoms in total. The highest BCUT2D eigenvalue weighted by molar-refractivity contribution is 5.76. The molecule has 3 N–H and O–H groups in total. The maximum Gasteiger partial charge on any atom is 0.155 e. The summed E-state index contributed by atoms with van der Waals surface area (Å²) >= 11 is 0. The van der Waals surface area contributed by atoms with E-state index < -0.39 is 0 Å². The second-order valence-corrected chi connectivity index (χ2v) is 5.53. The molecule has 0 bridgehead atoms. The molecule has 0 unspecified atom stereocenters. The molecule has 0 atom stereocenters. The van der Waals surface area contributed by atoms with Crippen LogP contribution in [0.2, 0.25) is 0 Å². The Labute approximate surface area is 129 Å². The third kappa shape index (κ3) is 2.30. The number of nitrogens with two attached hydrogens (primary N) is 1. The van der Waals surface area contributed by atoms with E-state index in [1.807, 2.05) is 13.8 Å². The van der Waals surface area contributed by atoms with E-state index in [2.05, 4.69) is 29.4 Å². The molecule has 112 valence electrons. The van der Waals surface area contributed by atoms with Gasteiger partial charge in [-0.05, 0) is 56.2 Å². The Balaban J connectivity index is 2.14. The van der Waals surface area contributed by atoms with Crippen LogP contribution in [0.1, 0.15) is 16.7 Å². The Hall–Kier alpha value is -2.82. The number of hydrogen-bond acceptors (Lipinski definition) is 4. The Kier molecular flexibility index (Phi) is 3.33. The van der Waals surface area contributed by atoms with E-state index in [1.54, 1.807) is 28.9 Å². The van der Waals surface area contributed by atoms with Crippen molar-refractivity contribution in [1.29, 1.82) is 0 Å². The first-order valence-corrected chi connectivity index (χ1v) is 7.06. The van der Waals surface area contributed by atoms with Gasteiger partial charge in [-0.25, -0.2) is 0 Å². The van der Waals surface area contributed by atoms with Crippen LogP contribution in [0.3, 0.4) is 0 Å². The summed E-state index contributed by atoms with van der Waals surface area (Å²) in [7, 11) is 0. The molecule has 0 aliphatic rings. The van der Waals surface area contributed by atoms with Crippen LogP contribution in [0, 0.1) is 20.8 Å². The highest BCUT2D eigenvalue weighted by Gasteiger charge is 2.17. The van der Waals surface area contributed by atoms with Crippen LogP contribution in [-0.4, -0.2) is 20.1 Å². The molecule has 0 spiro atoms. The lowest BCUT2D eigenvalue weighted by Crippen LogP contribution is -2.02. The topological polar surface area (TPSA) is 77.0 Å². The van der Waals surface area contributed by atoms with Crippen molar-refractivity contribution in [3.8, 4) is 22.7 Å². The molecule has 0 fully saturated rings. The predicted molar refractivity (Wildman–Crippen MR) is 87.1 cm³/mol. The predicted octanol–water partition coefficient (Wildman–Crippen LogP) is 3.15. The smallest absolute Gasteiger partial charge is 0.155 e. The lowest BCUT2D eigenvalue weighted by molar-refractivity contribution is 0.475. The van der Waals surface area contributed by atoms with Crippen LogP contribution >= 0.6 is 0 Å². The number of rotatable bonds is 2. The summed E-state index contributed by atoms with van der Waals surface area (Å²) in [5.74, 6) is 0.689. The summed E-state index contributed by atoms with van der Waals surface area (Å²) in [6, 6.07) is 10.9. The van der Waals surface area contributed by atoms with E-state index >= 15 is 0 Å². The Morgan fingerprint density at radius 2 is 1.59 bits per heavy atom. The molecule has 0 amide bonds. The summed E-state index contributed by atoms with van der Waals surface area (Å²) in [4.78, 5) is 0. The van der Waals surface area contributed by atoms with Crippen molar-refractivity contribution < 1.29 is 5.11 Å². The number of hydrogen-bond donors (Lipinski definition) is 2. The standard InChI is InChI=1S/C17H18N4O/c1-10-8-11(2)15(12(3)9-10)16-17(18)21(20-19-16)13-4-6-14(22)7-5-13/h4-9,22H,18H2,1-3H3. The van der Waals surface area contributed by atoms with Gasteiger partial charge >= 0.3 is 0 Å². The number of aromatic hydroxyl groups is 1. The van der Waals surface area contributed by atoms with Crippen molar-refractivity contribution in [3.63, 3.8) is 0 Å². The Bertz CT molecular complexity index is 811. The molecule has 3 rings (SSSR count). The van der Waals surface area contributed by atoms with E-state index in [9.17, 15) is 5.11 Å². The van der Waals surface area contributed by atoms with E-state index in [1.165, 1.54) is 5.56 Å². The van der Waals surface area contributed by atoms with Crippen LogP contribution in [0.4, 0.5) is 5.82 Å². The zero-order valence-corrected chi connectivity index (χ0v) is 12.8.